The number of alkyl halides is 3. The summed E-state index contributed by atoms with van der Waals surface area (Å²) in [4.78, 5) is 1.44. The van der Waals surface area contributed by atoms with Gasteiger partial charge in [0.2, 0.25) is 0 Å². The minimum Gasteiger partial charge on any atom is -0.509 e. The summed E-state index contributed by atoms with van der Waals surface area (Å²) in [5.74, 6) is -0.196. The summed E-state index contributed by atoms with van der Waals surface area (Å²) in [6.45, 7) is 3.55. The van der Waals surface area contributed by atoms with Crippen LogP contribution in [0.4, 0.5) is 13.2 Å². The smallest absolute Gasteiger partial charge is 0.416 e. The molecule has 1 heterocycles. The number of rotatable bonds is 2. The van der Waals surface area contributed by atoms with Crippen LogP contribution in [-0.2, 0) is 6.18 Å². The van der Waals surface area contributed by atoms with Crippen molar-refractivity contribution in [2.75, 3.05) is 7.05 Å². The molecule has 1 atom stereocenters. The second-order valence-corrected chi connectivity index (χ2v) is 4.48. The first-order valence-electron chi connectivity index (χ1n) is 5.82. The highest BCUT2D eigenvalue weighted by molar-refractivity contribution is 6.24. The van der Waals surface area contributed by atoms with E-state index >= 15 is 0 Å². The average Bonchev–Trinajstić information content (AvgIpc) is 2.59. The van der Waals surface area contributed by atoms with E-state index in [1.165, 1.54) is 23.1 Å². The highest BCUT2D eigenvalue weighted by Gasteiger charge is 2.35. The van der Waals surface area contributed by atoms with Crippen molar-refractivity contribution in [3.63, 3.8) is 0 Å². The zero-order valence-electron chi connectivity index (χ0n) is 10.7. The number of aliphatic hydroxyl groups excluding tert-OH is 1. The topological polar surface area (TPSA) is 47.3 Å². The van der Waals surface area contributed by atoms with Crippen molar-refractivity contribution in [1.82, 2.24) is 4.90 Å². The molecule has 0 saturated carbocycles. The fraction of sp³-hybridized carbons (Fsp3) is 0.214. The van der Waals surface area contributed by atoms with E-state index in [-0.39, 0.29) is 22.7 Å². The Bertz CT molecular complexity index is 605. The summed E-state index contributed by atoms with van der Waals surface area (Å²) in [6.07, 6.45) is -3.03. The van der Waals surface area contributed by atoms with E-state index in [2.05, 4.69) is 6.58 Å². The molecular weight excluding hydrogens is 269 g/mol. The van der Waals surface area contributed by atoms with Crippen LogP contribution in [0.2, 0.25) is 0 Å². The minimum absolute atomic E-state index is 0.0354. The first-order valence-corrected chi connectivity index (χ1v) is 5.82. The quantitative estimate of drug-likeness (QED) is 0.816. The van der Waals surface area contributed by atoms with Crippen LogP contribution in [-0.4, -0.2) is 28.9 Å². The lowest BCUT2D eigenvalue weighted by Gasteiger charge is -2.18. The Kier molecular flexibility index (Phi) is 3.33. The van der Waals surface area contributed by atoms with Gasteiger partial charge in [-0.1, -0.05) is 18.2 Å². The van der Waals surface area contributed by atoms with Crippen LogP contribution in [0.5, 0.6) is 0 Å². The van der Waals surface area contributed by atoms with Crippen LogP contribution in [0.3, 0.4) is 0 Å². The Morgan fingerprint density at radius 1 is 1.40 bits per heavy atom. The molecule has 3 nitrogen and oxygen atoms in total. The number of hydrogen-bond acceptors (Lipinski definition) is 2. The summed E-state index contributed by atoms with van der Waals surface area (Å²) in [5, 5.41) is 18.0. The van der Waals surface area contributed by atoms with Gasteiger partial charge in [-0.15, -0.1) is 6.58 Å². The predicted octanol–water partition coefficient (Wildman–Crippen LogP) is 3.45. The van der Waals surface area contributed by atoms with Crippen molar-refractivity contribution in [2.45, 2.75) is 12.2 Å². The number of hydrogen-bond donors (Lipinski definition) is 2. The number of benzene rings is 1. The van der Waals surface area contributed by atoms with Gasteiger partial charge in [-0.2, -0.15) is 13.2 Å². The molecule has 0 radical (unpaired) electrons. The zero-order chi connectivity index (χ0) is 15.1. The van der Waals surface area contributed by atoms with Crippen LogP contribution in [0, 0.1) is 5.41 Å². The molecule has 1 aromatic carbocycles. The third-order valence-electron chi connectivity index (χ3n) is 3.24. The molecule has 6 heteroatoms. The monoisotopic (exact) mass is 282 g/mol. The Balaban J connectivity index is 2.54. The van der Waals surface area contributed by atoms with Crippen molar-refractivity contribution in [3.05, 3.63) is 53.8 Å². The maximum absolute atomic E-state index is 12.7. The molecule has 0 fully saturated rings. The number of likely N-dealkylation sites (N-methyl/N-ethyl adjacent to an activating group) is 1. The Morgan fingerprint density at radius 2 is 2.05 bits per heavy atom. The molecule has 2 N–H and O–H groups in total. The second kappa shape index (κ2) is 4.70. The number of nitrogens with zero attached hydrogens (tertiary/aromatic N) is 1. The van der Waals surface area contributed by atoms with E-state index < -0.39 is 17.8 Å². The highest BCUT2D eigenvalue weighted by atomic mass is 19.4. The standard InChI is InChI=1S/C14H13F3N2O/c1-3-10-12(20)11(13(18)19(10)2)8-5-4-6-9(7-8)14(15,16)17/h3-7,10,18,20H,1H2,2H3. The van der Waals surface area contributed by atoms with Crippen molar-refractivity contribution in [1.29, 1.82) is 5.41 Å². The molecule has 0 amide bonds. The number of aliphatic hydroxyl groups is 1. The van der Waals surface area contributed by atoms with Gasteiger partial charge in [0.15, 0.2) is 0 Å². The number of amidine groups is 1. The van der Waals surface area contributed by atoms with E-state index in [1.807, 2.05) is 0 Å². The summed E-state index contributed by atoms with van der Waals surface area (Å²) in [6, 6.07) is 3.99. The average molecular weight is 282 g/mol. The lowest BCUT2D eigenvalue weighted by molar-refractivity contribution is -0.137. The minimum atomic E-state index is -4.46. The van der Waals surface area contributed by atoms with Crippen molar-refractivity contribution >= 4 is 11.4 Å². The number of nitrogens with one attached hydrogen (secondary N) is 1. The lowest BCUT2D eigenvalue weighted by atomic mass is 10.0. The maximum Gasteiger partial charge on any atom is 0.416 e. The molecule has 106 valence electrons. The summed E-state index contributed by atoms with van der Waals surface area (Å²) < 4.78 is 38.1. The highest BCUT2D eigenvalue weighted by Crippen LogP contribution is 2.35. The third-order valence-corrected chi connectivity index (χ3v) is 3.24. The first-order chi connectivity index (χ1) is 9.27. The van der Waals surface area contributed by atoms with Crippen molar-refractivity contribution in [3.8, 4) is 0 Å². The zero-order valence-corrected chi connectivity index (χ0v) is 10.7. The van der Waals surface area contributed by atoms with Crippen molar-refractivity contribution < 1.29 is 18.3 Å². The van der Waals surface area contributed by atoms with Crippen LogP contribution in [0.15, 0.2) is 42.7 Å². The molecule has 0 saturated heterocycles. The summed E-state index contributed by atoms with van der Waals surface area (Å²) in [7, 11) is 1.57. The number of halogens is 3. The van der Waals surface area contributed by atoms with Crippen molar-refractivity contribution in [2.24, 2.45) is 0 Å². The van der Waals surface area contributed by atoms with Gasteiger partial charge in [-0.25, -0.2) is 0 Å². The molecule has 0 aromatic heterocycles. The van der Waals surface area contributed by atoms with Gasteiger partial charge in [0.1, 0.15) is 17.6 Å². The fourth-order valence-corrected chi connectivity index (χ4v) is 2.17. The van der Waals surface area contributed by atoms with Crippen LogP contribution < -0.4 is 0 Å². The third kappa shape index (κ3) is 2.17. The molecule has 20 heavy (non-hydrogen) atoms. The Morgan fingerprint density at radius 3 is 2.55 bits per heavy atom. The van der Waals surface area contributed by atoms with E-state index in [4.69, 9.17) is 5.41 Å². The predicted molar refractivity (Wildman–Crippen MR) is 70.5 cm³/mol. The van der Waals surface area contributed by atoms with Crippen LogP contribution >= 0.6 is 0 Å². The Labute approximate surface area is 114 Å². The van der Waals surface area contributed by atoms with Gasteiger partial charge >= 0.3 is 6.18 Å². The van der Waals surface area contributed by atoms with Crippen LogP contribution in [0.25, 0.3) is 5.57 Å². The van der Waals surface area contributed by atoms with Gasteiger partial charge in [0.05, 0.1) is 11.1 Å². The first kappa shape index (κ1) is 14.2. The molecule has 0 bridgehead atoms. The van der Waals surface area contributed by atoms with Gasteiger partial charge in [-0.05, 0) is 17.7 Å². The summed E-state index contributed by atoms with van der Waals surface area (Å²) in [5.41, 5.74) is -0.546. The normalized spacial score (nSPS) is 19.7. The summed E-state index contributed by atoms with van der Waals surface area (Å²) >= 11 is 0. The largest absolute Gasteiger partial charge is 0.509 e. The molecule has 1 aromatic rings. The van der Waals surface area contributed by atoms with Gasteiger partial charge in [-0.3, -0.25) is 5.41 Å². The van der Waals surface area contributed by atoms with E-state index in [1.54, 1.807) is 7.05 Å². The van der Waals surface area contributed by atoms with Gasteiger partial charge in [0, 0.05) is 7.05 Å². The molecule has 1 aliphatic heterocycles. The van der Waals surface area contributed by atoms with Crippen LogP contribution in [0.1, 0.15) is 11.1 Å². The maximum atomic E-state index is 12.7. The lowest BCUT2D eigenvalue weighted by Crippen LogP contribution is -2.29. The molecule has 2 rings (SSSR count). The SMILES string of the molecule is C=CC1C(O)=C(c2cccc(C(F)(F)F)c2)C(=N)N1C. The Hall–Kier alpha value is -2.24. The van der Waals surface area contributed by atoms with Gasteiger partial charge in [0.25, 0.3) is 0 Å². The molecular formula is C14H13F3N2O. The van der Waals surface area contributed by atoms with E-state index in [9.17, 15) is 18.3 Å². The van der Waals surface area contributed by atoms with Gasteiger partial charge < -0.3 is 10.0 Å². The molecule has 1 unspecified atom stereocenters. The van der Waals surface area contributed by atoms with E-state index in [0.717, 1.165) is 12.1 Å². The van der Waals surface area contributed by atoms with E-state index in [0.29, 0.717) is 0 Å². The fourth-order valence-electron chi connectivity index (χ4n) is 2.17. The molecule has 1 aliphatic rings. The molecule has 0 aliphatic carbocycles. The molecule has 0 spiro atoms. The second-order valence-electron chi connectivity index (χ2n) is 4.48.